The summed E-state index contributed by atoms with van der Waals surface area (Å²) >= 11 is 0. The lowest BCUT2D eigenvalue weighted by Crippen LogP contribution is -2.23. The monoisotopic (exact) mass is 391 g/mol. The number of carbonyl (C=O) groups excluding carboxylic acids is 1. The third-order valence-electron chi connectivity index (χ3n) is 4.65. The van der Waals surface area contributed by atoms with Crippen molar-refractivity contribution in [3.63, 3.8) is 0 Å². The number of ether oxygens (including phenoxy) is 1. The summed E-state index contributed by atoms with van der Waals surface area (Å²) in [7, 11) is 5.06. The van der Waals surface area contributed by atoms with Crippen LogP contribution in [0.3, 0.4) is 0 Å². The molecule has 0 spiro atoms. The predicted molar refractivity (Wildman–Crippen MR) is 114 cm³/mol. The van der Waals surface area contributed by atoms with Gasteiger partial charge in [0.05, 0.1) is 13.3 Å². The van der Waals surface area contributed by atoms with Gasteiger partial charge < -0.3 is 9.64 Å². The molecule has 0 aliphatic rings. The summed E-state index contributed by atoms with van der Waals surface area (Å²) in [6.07, 6.45) is 17.1. The van der Waals surface area contributed by atoms with E-state index in [1.165, 1.54) is 64.6 Å². The van der Waals surface area contributed by atoms with E-state index in [1.807, 2.05) is 14.1 Å². The SMILES string of the molecule is CCCCCCCCCCCCn1cc(OC)c(=O)c(C(=O)/C=C/N(C)C)n1. The van der Waals surface area contributed by atoms with E-state index < -0.39 is 11.2 Å². The number of hydrogen-bond acceptors (Lipinski definition) is 5. The van der Waals surface area contributed by atoms with E-state index in [4.69, 9.17) is 4.74 Å². The number of methoxy groups -OCH3 is 1. The molecular formula is C22H37N3O3. The molecule has 0 radical (unpaired) electrons. The second kappa shape index (κ2) is 14.0. The molecule has 158 valence electrons. The van der Waals surface area contributed by atoms with Crippen molar-refractivity contribution in [2.24, 2.45) is 0 Å². The molecule has 0 saturated heterocycles. The van der Waals surface area contributed by atoms with E-state index in [2.05, 4.69) is 12.0 Å². The van der Waals surface area contributed by atoms with Crippen LogP contribution in [0.4, 0.5) is 0 Å². The molecular weight excluding hydrogens is 354 g/mol. The lowest BCUT2D eigenvalue weighted by molar-refractivity contribution is 0.103. The molecule has 0 fully saturated rings. The zero-order valence-corrected chi connectivity index (χ0v) is 18.1. The fourth-order valence-corrected chi connectivity index (χ4v) is 2.99. The zero-order valence-electron chi connectivity index (χ0n) is 18.1. The Bertz CT molecular complexity index is 665. The number of ketones is 1. The van der Waals surface area contributed by atoms with Crippen molar-refractivity contribution in [2.45, 2.75) is 77.7 Å². The standard InChI is InChI=1S/C22H37N3O3/c1-5-6-7-8-9-10-11-12-13-14-16-25-18-20(28-4)22(27)21(23-25)19(26)15-17-24(2)3/h15,17-18H,5-14,16H2,1-4H3/b17-15+. The number of rotatable bonds is 15. The molecule has 0 atom stereocenters. The van der Waals surface area contributed by atoms with Crippen LogP contribution in [-0.4, -0.2) is 41.7 Å². The van der Waals surface area contributed by atoms with Crippen LogP contribution in [-0.2, 0) is 6.54 Å². The van der Waals surface area contributed by atoms with Crippen LogP contribution < -0.4 is 10.2 Å². The van der Waals surface area contributed by atoms with Gasteiger partial charge in [-0.15, -0.1) is 0 Å². The first kappa shape index (κ1) is 23.9. The van der Waals surface area contributed by atoms with Crippen molar-refractivity contribution in [1.29, 1.82) is 0 Å². The first-order chi connectivity index (χ1) is 13.5. The summed E-state index contributed by atoms with van der Waals surface area (Å²) in [5.74, 6) is -0.252. The Morgan fingerprint density at radius 2 is 1.64 bits per heavy atom. The molecule has 0 saturated carbocycles. The lowest BCUT2D eigenvalue weighted by atomic mass is 10.1. The molecule has 0 aliphatic carbocycles. The van der Waals surface area contributed by atoms with Gasteiger partial charge >= 0.3 is 0 Å². The Kier molecular flexibility index (Phi) is 11.9. The maximum atomic E-state index is 12.3. The summed E-state index contributed by atoms with van der Waals surface area (Å²) < 4.78 is 6.80. The van der Waals surface area contributed by atoms with Gasteiger partial charge in [0, 0.05) is 32.9 Å². The molecule has 0 N–H and O–H groups in total. The number of unbranched alkanes of at least 4 members (excludes halogenated alkanes) is 9. The van der Waals surface area contributed by atoms with Crippen molar-refractivity contribution in [1.82, 2.24) is 14.7 Å². The van der Waals surface area contributed by atoms with Gasteiger partial charge in [0.2, 0.25) is 5.78 Å². The van der Waals surface area contributed by atoms with Crippen LogP contribution in [0.15, 0.2) is 23.3 Å². The number of aryl methyl sites for hydroxylation is 1. The van der Waals surface area contributed by atoms with E-state index in [1.54, 1.807) is 22.0 Å². The summed E-state index contributed by atoms with van der Waals surface area (Å²) in [6.45, 7) is 2.91. The van der Waals surface area contributed by atoms with Gasteiger partial charge in [-0.05, 0) is 6.42 Å². The number of hydrogen-bond donors (Lipinski definition) is 0. The highest BCUT2D eigenvalue weighted by Crippen LogP contribution is 2.11. The van der Waals surface area contributed by atoms with Crippen LogP contribution in [0.1, 0.15) is 81.6 Å². The third kappa shape index (κ3) is 9.20. The van der Waals surface area contributed by atoms with Crippen LogP contribution >= 0.6 is 0 Å². The maximum absolute atomic E-state index is 12.3. The van der Waals surface area contributed by atoms with Gasteiger partial charge in [-0.1, -0.05) is 64.7 Å². The molecule has 0 aliphatic heterocycles. The van der Waals surface area contributed by atoms with E-state index in [0.29, 0.717) is 6.54 Å². The van der Waals surface area contributed by atoms with Gasteiger partial charge in [-0.2, -0.15) is 5.10 Å². The minimum Gasteiger partial charge on any atom is -0.491 e. The average Bonchev–Trinajstić information content (AvgIpc) is 2.68. The van der Waals surface area contributed by atoms with Gasteiger partial charge in [-0.3, -0.25) is 14.3 Å². The topological polar surface area (TPSA) is 64.4 Å². The zero-order chi connectivity index (χ0) is 20.8. The van der Waals surface area contributed by atoms with Crippen LogP contribution in [0.2, 0.25) is 0 Å². The molecule has 1 aromatic rings. The highest BCUT2D eigenvalue weighted by Gasteiger charge is 2.15. The van der Waals surface area contributed by atoms with Gasteiger partial charge in [0.15, 0.2) is 11.4 Å². The predicted octanol–water partition coefficient (Wildman–Crippen LogP) is 4.43. The molecule has 0 aromatic carbocycles. The fraction of sp³-hybridized carbons (Fsp3) is 0.682. The smallest absolute Gasteiger partial charge is 0.253 e. The second-order valence-corrected chi connectivity index (χ2v) is 7.46. The van der Waals surface area contributed by atoms with E-state index in [-0.39, 0.29) is 11.4 Å². The van der Waals surface area contributed by atoms with Gasteiger partial charge in [-0.25, -0.2) is 0 Å². The number of allylic oxidation sites excluding steroid dienone is 1. The Labute approximate surface area is 169 Å². The summed E-state index contributed by atoms with van der Waals surface area (Å²) in [6, 6.07) is 0. The Morgan fingerprint density at radius 1 is 1.07 bits per heavy atom. The Morgan fingerprint density at radius 3 is 2.18 bits per heavy atom. The molecule has 6 nitrogen and oxygen atoms in total. The van der Waals surface area contributed by atoms with E-state index in [9.17, 15) is 9.59 Å². The van der Waals surface area contributed by atoms with E-state index in [0.717, 1.165) is 12.8 Å². The minimum absolute atomic E-state index is 0.0930. The third-order valence-corrected chi connectivity index (χ3v) is 4.65. The summed E-state index contributed by atoms with van der Waals surface area (Å²) in [4.78, 5) is 26.3. The molecule has 1 aromatic heterocycles. The highest BCUT2D eigenvalue weighted by molar-refractivity contribution is 6.02. The van der Waals surface area contributed by atoms with Crippen LogP contribution in [0.25, 0.3) is 0 Å². The fourth-order valence-electron chi connectivity index (χ4n) is 2.99. The van der Waals surface area contributed by atoms with Crippen LogP contribution in [0, 0.1) is 0 Å². The van der Waals surface area contributed by atoms with Gasteiger partial charge in [0.1, 0.15) is 0 Å². The van der Waals surface area contributed by atoms with Crippen molar-refractivity contribution in [3.05, 3.63) is 34.4 Å². The average molecular weight is 392 g/mol. The van der Waals surface area contributed by atoms with Crippen molar-refractivity contribution < 1.29 is 9.53 Å². The number of nitrogens with zero attached hydrogens (tertiary/aromatic N) is 3. The van der Waals surface area contributed by atoms with Crippen molar-refractivity contribution in [2.75, 3.05) is 21.2 Å². The Balaban J connectivity index is 2.49. The minimum atomic E-state index is -0.463. The maximum Gasteiger partial charge on any atom is 0.253 e. The lowest BCUT2D eigenvalue weighted by Gasteiger charge is -2.09. The number of carbonyl (C=O) groups is 1. The van der Waals surface area contributed by atoms with Crippen molar-refractivity contribution in [3.8, 4) is 5.75 Å². The first-order valence-electron chi connectivity index (χ1n) is 10.5. The highest BCUT2D eigenvalue weighted by atomic mass is 16.5. The van der Waals surface area contributed by atoms with Crippen molar-refractivity contribution >= 4 is 5.78 Å². The quantitative estimate of drug-likeness (QED) is 0.251. The Hall–Kier alpha value is -2.11. The van der Waals surface area contributed by atoms with Crippen LogP contribution in [0.5, 0.6) is 5.75 Å². The number of aromatic nitrogens is 2. The first-order valence-corrected chi connectivity index (χ1v) is 10.5. The molecule has 0 amide bonds. The molecule has 0 bridgehead atoms. The van der Waals surface area contributed by atoms with E-state index >= 15 is 0 Å². The normalized spacial score (nSPS) is 11.1. The summed E-state index contributed by atoms with van der Waals surface area (Å²) in [5.41, 5.74) is -0.556. The van der Waals surface area contributed by atoms with Gasteiger partial charge in [0.25, 0.3) is 5.43 Å². The second-order valence-electron chi connectivity index (χ2n) is 7.46. The summed E-state index contributed by atoms with van der Waals surface area (Å²) in [5, 5.41) is 4.24. The molecule has 1 heterocycles. The largest absolute Gasteiger partial charge is 0.491 e. The molecule has 6 heteroatoms. The molecule has 1 rings (SSSR count). The molecule has 0 unspecified atom stereocenters. The molecule has 28 heavy (non-hydrogen) atoms.